The van der Waals surface area contributed by atoms with Crippen LogP contribution < -0.4 is 11.1 Å². The molecule has 0 bridgehead atoms. The van der Waals surface area contributed by atoms with Gasteiger partial charge in [-0.15, -0.1) is 12.8 Å². The zero-order valence-electron chi connectivity index (χ0n) is 10.7. The van der Waals surface area contributed by atoms with Gasteiger partial charge in [0.25, 0.3) is 5.91 Å². The third-order valence-electron chi connectivity index (χ3n) is 2.67. The van der Waals surface area contributed by atoms with Crippen molar-refractivity contribution in [2.45, 2.75) is 0 Å². The fourth-order valence-corrected chi connectivity index (χ4v) is 1.75. The highest BCUT2D eigenvalue weighted by Gasteiger charge is 2.07. The van der Waals surface area contributed by atoms with E-state index in [1.54, 1.807) is 42.5 Å². The zero-order chi connectivity index (χ0) is 14.5. The molecule has 1 amide bonds. The average Bonchev–Trinajstić information content (AvgIpc) is 2.46. The molecule has 20 heavy (non-hydrogen) atoms. The lowest BCUT2D eigenvalue weighted by Gasteiger charge is -2.07. The van der Waals surface area contributed by atoms with Crippen LogP contribution in [0.2, 0.25) is 0 Å². The number of carbonyl (C=O) groups excluding carboxylic acids is 1. The van der Waals surface area contributed by atoms with Crippen LogP contribution in [0.5, 0.6) is 0 Å². The van der Waals surface area contributed by atoms with Crippen LogP contribution in [0, 0.1) is 24.7 Å². The predicted octanol–water partition coefficient (Wildman–Crippen LogP) is 2.48. The Hall–Kier alpha value is -3.17. The molecule has 0 heterocycles. The minimum absolute atomic E-state index is 0.269. The molecule has 2 aromatic rings. The molecule has 3 nitrogen and oxygen atoms in total. The Kier molecular flexibility index (Phi) is 3.75. The Morgan fingerprint density at radius 2 is 1.70 bits per heavy atom. The SMILES string of the molecule is C#Cc1cc(C#C)cc(NC(=O)c2cccc(N)c2)c1. The van der Waals surface area contributed by atoms with Crippen LogP contribution in [0.4, 0.5) is 11.4 Å². The summed E-state index contributed by atoms with van der Waals surface area (Å²) < 4.78 is 0. The minimum atomic E-state index is -0.269. The van der Waals surface area contributed by atoms with Gasteiger partial charge in [0.05, 0.1) is 0 Å². The van der Waals surface area contributed by atoms with E-state index < -0.39 is 0 Å². The highest BCUT2D eigenvalue weighted by molar-refractivity contribution is 6.04. The molecule has 2 aromatic carbocycles. The van der Waals surface area contributed by atoms with E-state index in [1.165, 1.54) is 0 Å². The molecule has 96 valence electrons. The van der Waals surface area contributed by atoms with E-state index >= 15 is 0 Å². The van der Waals surface area contributed by atoms with Gasteiger partial charge in [-0.2, -0.15) is 0 Å². The van der Waals surface area contributed by atoms with E-state index in [2.05, 4.69) is 17.2 Å². The number of hydrogen-bond donors (Lipinski definition) is 2. The molecule has 0 aliphatic rings. The molecule has 0 spiro atoms. The summed E-state index contributed by atoms with van der Waals surface area (Å²) in [5.41, 5.74) is 8.43. The van der Waals surface area contributed by atoms with Gasteiger partial charge in [0.15, 0.2) is 0 Å². The summed E-state index contributed by atoms with van der Waals surface area (Å²) in [5.74, 6) is 4.73. The lowest BCUT2D eigenvalue weighted by molar-refractivity contribution is 0.102. The van der Waals surface area contributed by atoms with Crippen LogP contribution in [0.1, 0.15) is 21.5 Å². The molecular weight excluding hydrogens is 248 g/mol. The van der Waals surface area contributed by atoms with Crippen LogP contribution in [-0.2, 0) is 0 Å². The molecule has 0 fully saturated rings. The van der Waals surface area contributed by atoms with Crippen LogP contribution in [-0.4, -0.2) is 5.91 Å². The van der Waals surface area contributed by atoms with Crippen molar-refractivity contribution in [1.29, 1.82) is 0 Å². The third-order valence-corrected chi connectivity index (χ3v) is 2.67. The lowest BCUT2D eigenvalue weighted by Crippen LogP contribution is -2.12. The summed E-state index contributed by atoms with van der Waals surface area (Å²) in [5, 5.41) is 2.75. The highest BCUT2D eigenvalue weighted by Crippen LogP contribution is 2.16. The maximum atomic E-state index is 12.1. The van der Waals surface area contributed by atoms with Crippen molar-refractivity contribution < 1.29 is 4.79 Å². The number of nitrogens with one attached hydrogen (secondary N) is 1. The van der Waals surface area contributed by atoms with Crippen molar-refractivity contribution in [2.24, 2.45) is 0 Å². The second-order valence-electron chi connectivity index (χ2n) is 4.17. The fraction of sp³-hybridized carbons (Fsp3) is 0. The van der Waals surface area contributed by atoms with Gasteiger partial charge in [-0.1, -0.05) is 17.9 Å². The molecule has 3 N–H and O–H groups in total. The molecule has 2 rings (SSSR count). The molecule has 0 saturated carbocycles. The van der Waals surface area contributed by atoms with E-state index in [1.807, 2.05) is 0 Å². The molecule has 0 aliphatic carbocycles. The number of nitrogens with two attached hydrogens (primary N) is 1. The van der Waals surface area contributed by atoms with Crippen molar-refractivity contribution >= 4 is 17.3 Å². The van der Waals surface area contributed by atoms with Gasteiger partial charge in [-0.3, -0.25) is 4.79 Å². The normalized spacial score (nSPS) is 9.30. The number of benzene rings is 2. The maximum Gasteiger partial charge on any atom is 0.255 e. The van der Waals surface area contributed by atoms with Crippen molar-refractivity contribution in [3.8, 4) is 24.7 Å². The number of nitrogen functional groups attached to an aromatic ring is 1. The smallest absolute Gasteiger partial charge is 0.255 e. The first-order valence-electron chi connectivity index (χ1n) is 5.87. The quantitative estimate of drug-likeness (QED) is 0.644. The minimum Gasteiger partial charge on any atom is -0.399 e. The molecule has 0 atom stereocenters. The molecule has 0 aromatic heterocycles. The van der Waals surface area contributed by atoms with Crippen LogP contribution >= 0.6 is 0 Å². The van der Waals surface area contributed by atoms with Gasteiger partial charge in [-0.25, -0.2) is 0 Å². The zero-order valence-corrected chi connectivity index (χ0v) is 10.7. The topological polar surface area (TPSA) is 55.1 Å². The van der Waals surface area contributed by atoms with Gasteiger partial charge < -0.3 is 11.1 Å². The number of terminal acetylenes is 2. The van der Waals surface area contributed by atoms with Crippen molar-refractivity contribution in [2.75, 3.05) is 11.1 Å². The van der Waals surface area contributed by atoms with Crippen LogP contribution in [0.25, 0.3) is 0 Å². The number of amides is 1. The highest BCUT2D eigenvalue weighted by atomic mass is 16.1. The molecule has 3 heteroatoms. The Morgan fingerprint density at radius 3 is 2.25 bits per heavy atom. The Bertz CT molecular complexity index is 716. The Labute approximate surface area is 117 Å². The molecule has 0 aliphatic heterocycles. The van der Waals surface area contributed by atoms with E-state index in [4.69, 9.17) is 18.6 Å². The van der Waals surface area contributed by atoms with Crippen LogP contribution in [0.3, 0.4) is 0 Å². The summed E-state index contributed by atoms with van der Waals surface area (Å²) in [6.07, 6.45) is 10.7. The fourth-order valence-electron chi connectivity index (χ4n) is 1.75. The summed E-state index contributed by atoms with van der Waals surface area (Å²) in [6.45, 7) is 0. The summed E-state index contributed by atoms with van der Waals surface area (Å²) in [6, 6.07) is 11.8. The van der Waals surface area contributed by atoms with Crippen LogP contribution in [0.15, 0.2) is 42.5 Å². The summed E-state index contributed by atoms with van der Waals surface area (Å²) in [4.78, 5) is 12.1. The van der Waals surface area contributed by atoms with E-state index in [-0.39, 0.29) is 5.91 Å². The second-order valence-corrected chi connectivity index (χ2v) is 4.17. The van der Waals surface area contributed by atoms with E-state index in [0.717, 1.165) is 0 Å². The first-order valence-corrected chi connectivity index (χ1v) is 5.87. The van der Waals surface area contributed by atoms with Crippen molar-refractivity contribution in [3.63, 3.8) is 0 Å². The molecule has 0 radical (unpaired) electrons. The Morgan fingerprint density at radius 1 is 1.05 bits per heavy atom. The van der Waals surface area contributed by atoms with E-state index in [0.29, 0.717) is 28.1 Å². The standard InChI is InChI=1S/C17H12N2O/c1-3-12-8-13(4-2)10-16(9-12)19-17(20)14-6-5-7-15(18)11-14/h1-2,5-11H,18H2,(H,19,20). The first kappa shape index (κ1) is 13.3. The number of anilines is 2. The monoisotopic (exact) mass is 260 g/mol. The maximum absolute atomic E-state index is 12.1. The van der Waals surface area contributed by atoms with Crippen molar-refractivity contribution in [3.05, 3.63) is 59.2 Å². The van der Waals surface area contributed by atoms with E-state index in [9.17, 15) is 4.79 Å². The summed E-state index contributed by atoms with van der Waals surface area (Å²) in [7, 11) is 0. The molecular formula is C17H12N2O. The molecule has 0 unspecified atom stereocenters. The van der Waals surface area contributed by atoms with Crippen molar-refractivity contribution in [1.82, 2.24) is 0 Å². The molecule has 0 saturated heterocycles. The second kappa shape index (κ2) is 5.65. The van der Waals surface area contributed by atoms with Gasteiger partial charge >= 0.3 is 0 Å². The average molecular weight is 260 g/mol. The largest absolute Gasteiger partial charge is 0.399 e. The van der Waals surface area contributed by atoms with Gasteiger partial charge in [-0.05, 0) is 36.4 Å². The number of hydrogen-bond acceptors (Lipinski definition) is 2. The Balaban J connectivity index is 2.29. The summed E-state index contributed by atoms with van der Waals surface area (Å²) >= 11 is 0. The number of rotatable bonds is 2. The lowest BCUT2D eigenvalue weighted by atomic mass is 10.1. The van der Waals surface area contributed by atoms with Gasteiger partial charge in [0, 0.05) is 28.1 Å². The predicted molar refractivity (Wildman–Crippen MR) is 81.1 cm³/mol. The first-order chi connectivity index (χ1) is 9.62. The number of carbonyl (C=O) groups is 1. The third kappa shape index (κ3) is 2.98. The van der Waals surface area contributed by atoms with Gasteiger partial charge in [0.1, 0.15) is 0 Å². The van der Waals surface area contributed by atoms with Gasteiger partial charge in [0.2, 0.25) is 0 Å².